The highest BCUT2D eigenvalue weighted by Crippen LogP contribution is 2.32. The maximum atomic E-state index is 13.3. The number of fused-ring (bicyclic) bond motifs is 2. The Morgan fingerprint density at radius 3 is 3.16 bits per heavy atom. The lowest BCUT2D eigenvalue weighted by atomic mass is 9.99. The van der Waals surface area contributed by atoms with E-state index in [0.717, 1.165) is 24.2 Å². The molecule has 2 nitrogen and oxygen atoms in total. The van der Waals surface area contributed by atoms with Crippen molar-refractivity contribution in [3.05, 3.63) is 53.3 Å². The number of anilines is 1. The van der Waals surface area contributed by atoms with E-state index in [1.54, 1.807) is 17.4 Å². The molecule has 3 heterocycles. The molecule has 0 radical (unpaired) electrons. The first-order valence-corrected chi connectivity index (χ1v) is 7.25. The van der Waals surface area contributed by atoms with Crippen LogP contribution in [0.3, 0.4) is 0 Å². The average Bonchev–Trinajstić information content (AvgIpc) is 3.00. The first-order chi connectivity index (χ1) is 9.31. The van der Waals surface area contributed by atoms with Crippen LogP contribution in [0.5, 0.6) is 0 Å². The summed E-state index contributed by atoms with van der Waals surface area (Å²) in [5, 5.41) is 6.81. The summed E-state index contributed by atoms with van der Waals surface area (Å²) in [6.07, 6.45) is 3.01. The Labute approximate surface area is 114 Å². The van der Waals surface area contributed by atoms with Crippen molar-refractivity contribution in [1.29, 1.82) is 0 Å². The Balaban J connectivity index is 1.73. The van der Waals surface area contributed by atoms with Gasteiger partial charge in [-0.25, -0.2) is 4.39 Å². The van der Waals surface area contributed by atoms with Gasteiger partial charge in [-0.1, -0.05) is 0 Å². The summed E-state index contributed by atoms with van der Waals surface area (Å²) < 4.78 is 15.6. The molecule has 0 saturated heterocycles. The van der Waals surface area contributed by atoms with E-state index in [1.807, 2.05) is 6.07 Å². The summed E-state index contributed by atoms with van der Waals surface area (Å²) in [5.41, 5.74) is 2.13. The van der Waals surface area contributed by atoms with Gasteiger partial charge in [-0.05, 0) is 47.7 Å². The summed E-state index contributed by atoms with van der Waals surface area (Å²) in [5.74, 6) is -0.157. The molecule has 96 valence electrons. The molecule has 0 spiro atoms. The lowest BCUT2D eigenvalue weighted by Crippen LogP contribution is -2.25. The van der Waals surface area contributed by atoms with Gasteiger partial charge < -0.3 is 9.88 Å². The fraction of sp³-hybridized carbons (Fsp3) is 0.200. The number of rotatable bonds is 1. The van der Waals surface area contributed by atoms with Crippen molar-refractivity contribution in [2.75, 3.05) is 11.9 Å². The van der Waals surface area contributed by atoms with Gasteiger partial charge in [0.1, 0.15) is 10.6 Å². The van der Waals surface area contributed by atoms with Crippen LogP contribution in [-0.4, -0.2) is 11.1 Å². The molecule has 19 heavy (non-hydrogen) atoms. The highest BCUT2D eigenvalue weighted by molar-refractivity contribution is 7.16. The SMILES string of the molecule is Fc1ccc2c(c1)CC(n1ccc3ccsc31)CN2. The molecule has 1 atom stereocenters. The molecule has 1 aliphatic heterocycles. The minimum Gasteiger partial charge on any atom is -0.383 e. The quantitative estimate of drug-likeness (QED) is 0.707. The summed E-state index contributed by atoms with van der Waals surface area (Å²) in [6.45, 7) is 0.889. The van der Waals surface area contributed by atoms with Crippen molar-refractivity contribution in [2.45, 2.75) is 12.5 Å². The van der Waals surface area contributed by atoms with Crippen molar-refractivity contribution >= 4 is 27.2 Å². The van der Waals surface area contributed by atoms with Crippen molar-refractivity contribution in [3.63, 3.8) is 0 Å². The molecule has 4 rings (SSSR count). The van der Waals surface area contributed by atoms with Gasteiger partial charge in [-0.3, -0.25) is 0 Å². The van der Waals surface area contributed by atoms with E-state index in [9.17, 15) is 4.39 Å². The third kappa shape index (κ3) is 1.75. The maximum Gasteiger partial charge on any atom is 0.123 e. The summed E-state index contributed by atoms with van der Waals surface area (Å²) in [7, 11) is 0. The van der Waals surface area contributed by atoms with Gasteiger partial charge in [0, 0.05) is 23.8 Å². The third-order valence-electron chi connectivity index (χ3n) is 3.77. The summed E-state index contributed by atoms with van der Waals surface area (Å²) >= 11 is 1.76. The molecule has 0 bridgehead atoms. The molecule has 0 fully saturated rings. The van der Waals surface area contributed by atoms with Crippen LogP contribution >= 0.6 is 11.3 Å². The number of hydrogen-bond acceptors (Lipinski definition) is 2. The molecule has 1 aromatic carbocycles. The Kier molecular flexibility index (Phi) is 2.38. The zero-order valence-electron chi connectivity index (χ0n) is 10.3. The molecule has 3 aromatic rings. The molecule has 1 unspecified atom stereocenters. The zero-order valence-corrected chi connectivity index (χ0v) is 11.1. The zero-order chi connectivity index (χ0) is 12.8. The lowest BCUT2D eigenvalue weighted by molar-refractivity contribution is 0.524. The van der Waals surface area contributed by atoms with Crippen molar-refractivity contribution in [2.24, 2.45) is 0 Å². The van der Waals surface area contributed by atoms with Crippen molar-refractivity contribution in [3.8, 4) is 0 Å². The largest absolute Gasteiger partial charge is 0.383 e. The summed E-state index contributed by atoms with van der Waals surface area (Å²) in [4.78, 5) is 1.30. The highest BCUT2D eigenvalue weighted by Gasteiger charge is 2.21. The second-order valence-corrected chi connectivity index (χ2v) is 5.84. The topological polar surface area (TPSA) is 17.0 Å². The first kappa shape index (κ1) is 11.1. The van der Waals surface area contributed by atoms with E-state index in [4.69, 9.17) is 0 Å². The second-order valence-electron chi connectivity index (χ2n) is 4.94. The van der Waals surface area contributed by atoms with Gasteiger partial charge >= 0.3 is 0 Å². The van der Waals surface area contributed by atoms with Gasteiger partial charge in [0.05, 0.1) is 6.04 Å². The maximum absolute atomic E-state index is 13.3. The van der Waals surface area contributed by atoms with Crippen LogP contribution in [0.2, 0.25) is 0 Å². The van der Waals surface area contributed by atoms with Crippen LogP contribution < -0.4 is 5.32 Å². The number of halogens is 1. The molecule has 0 aliphatic carbocycles. The minimum absolute atomic E-state index is 0.157. The lowest BCUT2D eigenvalue weighted by Gasteiger charge is -2.27. The van der Waals surface area contributed by atoms with Gasteiger partial charge in [0.25, 0.3) is 0 Å². The minimum atomic E-state index is -0.157. The summed E-state index contributed by atoms with van der Waals surface area (Å²) in [6, 6.07) is 9.62. The Morgan fingerprint density at radius 1 is 1.26 bits per heavy atom. The van der Waals surface area contributed by atoms with Crippen LogP contribution in [0.15, 0.2) is 41.9 Å². The predicted octanol–water partition coefficient (Wildman–Crippen LogP) is 4.05. The van der Waals surface area contributed by atoms with Gasteiger partial charge in [-0.2, -0.15) is 0 Å². The van der Waals surface area contributed by atoms with E-state index in [-0.39, 0.29) is 5.82 Å². The first-order valence-electron chi connectivity index (χ1n) is 6.37. The van der Waals surface area contributed by atoms with Crippen LogP contribution in [0.4, 0.5) is 10.1 Å². The standard InChI is InChI=1S/C15H13FN2S/c16-12-1-2-14-11(7-12)8-13(9-17-14)18-5-3-10-4-6-19-15(10)18/h1-7,13,17H,8-9H2. The fourth-order valence-corrected chi connectivity index (χ4v) is 3.77. The Hall–Kier alpha value is -1.81. The Morgan fingerprint density at radius 2 is 2.21 bits per heavy atom. The monoisotopic (exact) mass is 272 g/mol. The van der Waals surface area contributed by atoms with Crippen LogP contribution in [-0.2, 0) is 6.42 Å². The van der Waals surface area contributed by atoms with Gasteiger partial charge in [0.2, 0.25) is 0 Å². The van der Waals surface area contributed by atoms with E-state index in [1.165, 1.54) is 16.3 Å². The third-order valence-corrected chi connectivity index (χ3v) is 4.71. The van der Waals surface area contributed by atoms with Crippen LogP contribution in [0.1, 0.15) is 11.6 Å². The molecule has 0 amide bonds. The van der Waals surface area contributed by atoms with Gasteiger partial charge in [-0.15, -0.1) is 11.3 Å². The molecule has 2 aromatic heterocycles. The molecule has 1 N–H and O–H groups in total. The predicted molar refractivity (Wildman–Crippen MR) is 77.4 cm³/mol. The smallest absolute Gasteiger partial charge is 0.123 e. The number of aromatic nitrogens is 1. The molecule has 0 saturated carbocycles. The van der Waals surface area contributed by atoms with E-state index < -0.39 is 0 Å². The highest BCUT2D eigenvalue weighted by atomic mass is 32.1. The molecule has 1 aliphatic rings. The Bertz CT molecular complexity index is 744. The van der Waals surface area contributed by atoms with E-state index in [0.29, 0.717) is 6.04 Å². The normalized spacial score (nSPS) is 18.3. The number of nitrogens with one attached hydrogen (secondary N) is 1. The van der Waals surface area contributed by atoms with Crippen molar-refractivity contribution < 1.29 is 4.39 Å². The molecule has 4 heteroatoms. The second kappa shape index (κ2) is 4.10. The number of hydrogen-bond donors (Lipinski definition) is 1. The van der Waals surface area contributed by atoms with Crippen LogP contribution in [0, 0.1) is 5.82 Å². The average molecular weight is 272 g/mol. The van der Waals surface area contributed by atoms with Crippen molar-refractivity contribution in [1.82, 2.24) is 4.57 Å². The van der Waals surface area contributed by atoms with Gasteiger partial charge in [0.15, 0.2) is 0 Å². The van der Waals surface area contributed by atoms with Crippen LogP contribution in [0.25, 0.3) is 10.2 Å². The number of thiophene rings is 1. The fourth-order valence-electron chi connectivity index (χ4n) is 2.82. The number of benzene rings is 1. The molecular weight excluding hydrogens is 259 g/mol. The van der Waals surface area contributed by atoms with E-state index >= 15 is 0 Å². The number of nitrogens with zero attached hydrogens (tertiary/aromatic N) is 1. The van der Waals surface area contributed by atoms with E-state index in [2.05, 4.69) is 33.6 Å². The molecular formula is C15H13FN2S.